The first-order valence-electron chi connectivity index (χ1n) is 12.7. The summed E-state index contributed by atoms with van der Waals surface area (Å²) < 4.78 is 16.0. The quantitative estimate of drug-likeness (QED) is 0.196. The Hall–Kier alpha value is -2.90. The van der Waals surface area contributed by atoms with E-state index in [9.17, 15) is 24.3 Å². The van der Waals surface area contributed by atoms with Gasteiger partial charge in [-0.05, 0) is 73.8 Å². The predicted molar refractivity (Wildman–Crippen MR) is 141 cm³/mol. The van der Waals surface area contributed by atoms with Crippen LogP contribution < -0.4 is 0 Å². The number of aliphatic carboxylic acids is 1. The fourth-order valence-electron chi connectivity index (χ4n) is 4.08. The largest absolute Gasteiger partial charge is 0.481 e. The Balaban J connectivity index is 0.00000631. The summed E-state index contributed by atoms with van der Waals surface area (Å²) in [5.41, 5.74) is -3.14. The second kappa shape index (κ2) is 14.1. The van der Waals surface area contributed by atoms with Crippen LogP contribution in [0.25, 0.3) is 0 Å². The highest BCUT2D eigenvalue weighted by molar-refractivity contribution is 5.80. The number of hydrogen-bond acceptors (Lipinski definition) is 7. The molecule has 0 spiro atoms. The first-order chi connectivity index (χ1) is 16.9. The number of carbonyl (C=O) groups is 4. The van der Waals surface area contributed by atoms with Crippen LogP contribution in [0.5, 0.6) is 0 Å². The summed E-state index contributed by atoms with van der Waals surface area (Å²) in [5.74, 6) is -2.50. The van der Waals surface area contributed by atoms with Crippen LogP contribution in [0, 0.1) is 21.7 Å². The molecule has 0 fully saturated rings. The van der Waals surface area contributed by atoms with E-state index in [0.29, 0.717) is 0 Å². The average Bonchev–Trinajstić information content (AvgIpc) is 2.80. The molecule has 0 unspecified atom stereocenters. The highest BCUT2D eigenvalue weighted by Crippen LogP contribution is 2.36. The molecular formula is C29H46O8. The molecule has 1 aromatic carbocycles. The lowest BCUT2D eigenvalue weighted by Crippen LogP contribution is -2.38. The lowest BCUT2D eigenvalue weighted by molar-refractivity contribution is -0.168. The number of carboxylic acids is 1. The molecule has 1 rings (SSSR count). The molecule has 0 atom stereocenters. The third-order valence-electron chi connectivity index (χ3n) is 5.77. The molecule has 1 N–H and O–H groups in total. The summed E-state index contributed by atoms with van der Waals surface area (Å²) in [5, 5.41) is 9.30. The van der Waals surface area contributed by atoms with Crippen molar-refractivity contribution < 1.29 is 38.5 Å². The van der Waals surface area contributed by atoms with Crippen molar-refractivity contribution >= 4 is 23.9 Å². The van der Waals surface area contributed by atoms with Gasteiger partial charge in [0.15, 0.2) is 0 Å². The van der Waals surface area contributed by atoms with Crippen LogP contribution in [0.1, 0.15) is 87.6 Å². The van der Waals surface area contributed by atoms with E-state index in [1.807, 2.05) is 44.2 Å². The molecule has 0 saturated carbocycles. The minimum absolute atomic E-state index is 0.0937. The van der Waals surface area contributed by atoms with Crippen molar-refractivity contribution in [3.05, 3.63) is 35.9 Å². The van der Waals surface area contributed by atoms with E-state index >= 15 is 0 Å². The molecule has 0 aromatic heterocycles. The minimum atomic E-state index is -1.09. The van der Waals surface area contributed by atoms with Crippen molar-refractivity contribution in [2.45, 2.75) is 88.7 Å². The maximum absolute atomic E-state index is 12.7. The number of ether oxygens (including phenoxy) is 3. The zero-order valence-electron chi connectivity index (χ0n) is 24.2. The Morgan fingerprint density at radius 2 is 0.973 bits per heavy atom. The molecule has 1 aromatic rings. The summed E-state index contributed by atoms with van der Waals surface area (Å²) in [6.45, 7) is 17.0. The van der Waals surface area contributed by atoms with Crippen molar-refractivity contribution in [2.24, 2.45) is 21.7 Å². The number of benzene rings is 1. The van der Waals surface area contributed by atoms with E-state index < -0.39 is 45.5 Å². The predicted octanol–water partition coefficient (Wildman–Crippen LogP) is 5.81. The van der Waals surface area contributed by atoms with Gasteiger partial charge in [0.25, 0.3) is 0 Å². The van der Waals surface area contributed by atoms with Crippen LogP contribution in [0.2, 0.25) is 0 Å². The van der Waals surface area contributed by atoms with Crippen LogP contribution in [0.3, 0.4) is 0 Å². The lowest BCUT2D eigenvalue weighted by atomic mass is 9.75. The minimum Gasteiger partial charge on any atom is -0.481 e. The molecular weight excluding hydrogens is 476 g/mol. The topological polar surface area (TPSA) is 116 Å². The van der Waals surface area contributed by atoms with Gasteiger partial charge in [-0.15, -0.1) is 0 Å². The molecule has 210 valence electrons. The molecule has 8 nitrogen and oxygen atoms in total. The number of esters is 3. The Kier molecular flexibility index (Phi) is 13.0. The van der Waals surface area contributed by atoms with Crippen LogP contribution >= 0.6 is 0 Å². The third kappa shape index (κ3) is 11.4. The van der Waals surface area contributed by atoms with Gasteiger partial charge in [0.05, 0.1) is 21.7 Å². The molecule has 0 aliphatic rings. The summed E-state index contributed by atoms with van der Waals surface area (Å²) in [6, 6.07) is 9.33. The normalized spacial score (nSPS) is 12.1. The first kappa shape index (κ1) is 34.1. The van der Waals surface area contributed by atoms with E-state index in [-0.39, 0.29) is 32.7 Å². The second-order valence-electron chi connectivity index (χ2n) is 11.5. The Bertz CT molecular complexity index is 898. The molecule has 0 amide bonds. The smallest absolute Gasteiger partial charge is 0.311 e. The molecule has 8 heteroatoms. The Labute approximate surface area is 222 Å². The van der Waals surface area contributed by atoms with Gasteiger partial charge < -0.3 is 19.3 Å². The van der Waals surface area contributed by atoms with E-state index in [1.165, 1.54) is 0 Å². The van der Waals surface area contributed by atoms with Crippen molar-refractivity contribution in [3.8, 4) is 0 Å². The molecule has 0 bridgehead atoms. The Morgan fingerprint density at radius 3 is 1.35 bits per heavy atom. The van der Waals surface area contributed by atoms with E-state index in [2.05, 4.69) is 0 Å². The van der Waals surface area contributed by atoms with Gasteiger partial charge in [0.1, 0.15) is 19.8 Å². The van der Waals surface area contributed by atoms with Gasteiger partial charge in [-0.2, -0.15) is 0 Å². The van der Waals surface area contributed by atoms with E-state index in [0.717, 1.165) is 5.56 Å². The molecule has 37 heavy (non-hydrogen) atoms. The zero-order chi connectivity index (χ0) is 29.1. The molecule has 0 saturated heterocycles. The number of hydrogen-bond donors (Lipinski definition) is 1. The van der Waals surface area contributed by atoms with Gasteiger partial charge in [-0.3, -0.25) is 19.2 Å². The van der Waals surface area contributed by atoms with Crippen molar-refractivity contribution in [1.82, 2.24) is 0 Å². The van der Waals surface area contributed by atoms with Gasteiger partial charge in [-0.1, -0.05) is 44.2 Å². The SMILES string of the molecule is CC.CC(C)(CC(C)(C)C(=O)OCCOC(=O)C(C)(C)CC(C)(C)C(=O)OCc1ccccc1)C(=O)O. The van der Waals surface area contributed by atoms with E-state index in [4.69, 9.17) is 14.2 Å². The summed E-state index contributed by atoms with van der Waals surface area (Å²) in [6.07, 6.45) is 0.292. The summed E-state index contributed by atoms with van der Waals surface area (Å²) >= 11 is 0. The highest BCUT2D eigenvalue weighted by Gasteiger charge is 2.42. The van der Waals surface area contributed by atoms with Crippen molar-refractivity contribution in [1.29, 1.82) is 0 Å². The number of rotatable bonds is 13. The van der Waals surface area contributed by atoms with Crippen molar-refractivity contribution in [3.63, 3.8) is 0 Å². The fourth-order valence-corrected chi connectivity index (χ4v) is 4.08. The fraction of sp³-hybridized carbons (Fsp3) is 0.655. The molecule has 0 aliphatic carbocycles. The second-order valence-corrected chi connectivity index (χ2v) is 11.5. The number of carboxylic acid groups (broad SMARTS) is 1. The maximum atomic E-state index is 12.7. The van der Waals surface area contributed by atoms with Gasteiger partial charge in [-0.25, -0.2) is 0 Å². The van der Waals surface area contributed by atoms with Crippen LogP contribution in [0.15, 0.2) is 30.3 Å². The zero-order valence-corrected chi connectivity index (χ0v) is 24.2. The van der Waals surface area contributed by atoms with Gasteiger partial charge in [0, 0.05) is 0 Å². The summed E-state index contributed by atoms with van der Waals surface area (Å²) in [7, 11) is 0. The van der Waals surface area contributed by atoms with Gasteiger partial charge >= 0.3 is 23.9 Å². The third-order valence-corrected chi connectivity index (χ3v) is 5.77. The van der Waals surface area contributed by atoms with E-state index in [1.54, 1.807) is 55.4 Å². The van der Waals surface area contributed by atoms with Crippen LogP contribution in [-0.2, 0) is 40.0 Å². The Morgan fingerprint density at radius 1 is 0.622 bits per heavy atom. The van der Waals surface area contributed by atoms with Crippen LogP contribution in [-0.4, -0.2) is 42.2 Å². The average molecular weight is 523 g/mol. The number of carbonyl (C=O) groups excluding carboxylic acids is 3. The highest BCUT2D eigenvalue weighted by atomic mass is 16.6. The van der Waals surface area contributed by atoms with Gasteiger partial charge in [0.2, 0.25) is 0 Å². The van der Waals surface area contributed by atoms with Crippen molar-refractivity contribution in [2.75, 3.05) is 13.2 Å². The monoisotopic (exact) mass is 522 g/mol. The van der Waals surface area contributed by atoms with Crippen LogP contribution in [0.4, 0.5) is 0 Å². The summed E-state index contributed by atoms with van der Waals surface area (Å²) in [4.78, 5) is 49.1. The molecule has 0 aliphatic heterocycles. The maximum Gasteiger partial charge on any atom is 0.311 e. The first-order valence-corrected chi connectivity index (χ1v) is 12.7. The standard InChI is InChI=1S/C27H40O8.C2H6/c1-24(2,20(28)29)17-25(3,4)21(30)33-14-15-34-22(31)26(5,6)18-27(7,8)23(32)35-16-19-12-10-9-11-13-19;1-2/h9-13H,14-18H2,1-8H3,(H,28,29);1-2H3. The lowest BCUT2D eigenvalue weighted by Gasteiger charge is -2.32. The molecule has 0 heterocycles. The molecule has 0 radical (unpaired) electrons.